The standard InChI is InChI=1S/C13H13N3O5/c1-20-10-3-7(13(18)19)8(4-11(10)21-2)16-12(17)9-5-14-6-15-9/h3-6H,1-2H3,(H,14,15)(H,16,17)(H,18,19). The smallest absolute Gasteiger partial charge is 0.337 e. The van der Waals surface area contributed by atoms with Crippen molar-refractivity contribution in [3.63, 3.8) is 0 Å². The van der Waals surface area contributed by atoms with E-state index in [-0.39, 0.29) is 22.7 Å². The van der Waals surface area contributed by atoms with Gasteiger partial charge in [0.2, 0.25) is 0 Å². The molecule has 0 aliphatic heterocycles. The van der Waals surface area contributed by atoms with Crippen LogP contribution in [0.3, 0.4) is 0 Å². The molecule has 1 heterocycles. The molecule has 0 aliphatic carbocycles. The van der Waals surface area contributed by atoms with Gasteiger partial charge in [-0.1, -0.05) is 0 Å². The number of carbonyl (C=O) groups excluding carboxylic acids is 1. The Morgan fingerprint density at radius 1 is 1.24 bits per heavy atom. The molecule has 2 rings (SSSR count). The number of nitrogens with zero attached hydrogens (tertiary/aromatic N) is 1. The van der Waals surface area contributed by atoms with E-state index in [2.05, 4.69) is 15.3 Å². The number of anilines is 1. The van der Waals surface area contributed by atoms with Crippen LogP contribution in [0.5, 0.6) is 11.5 Å². The number of carboxylic acid groups (broad SMARTS) is 1. The van der Waals surface area contributed by atoms with E-state index < -0.39 is 11.9 Å². The second-order valence-electron chi connectivity index (χ2n) is 3.98. The highest BCUT2D eigenvalue weighted by Crippen LogP contribution is 2.33. The minimum atomic E-state index is -1.20. The molecule has 1 amide bonds. The zero-order chi connectivity index (χ0) is 15.4. The van der Waals surface area contributed by atoms with Crippen molar-refractivity contribution >= 4 is 17.6 Å². The van der Waals surface area contributed by atoms with Crippen LogP contribution in [0.1, 0.15) is 20.8 Å². The van der Waals surface area contributed by atoms with Crippen molar-refractivity contribution in [1.29, 1.82) is 0 Å². The summed E-state index contributed by atoms with van der Waals surface area (Å²) >= 11 is 0. The molecule has 0 saturated heterocycles. The highest BCUT2D eigenvalue weighted by molar-refractivity contribution is 6.07. The van der Waals surface area contributed by atoms with Crippen LogP contribution in [-0.2, 0) is 0 Å². The van der Waals surface area contributed by atoms with Crippen LogP contribution in [0, 0.1) is 0 Å². The Morgan fingerprint density at radius 3 is 2.43 bits per heavy atom. The van der Waals surface area contributed by atoms with E-state index in [4.69, 9.17) is 9.47 Å². The van der Waals surface area contributed by atoms with E-state index in [0.29, 0.717) is 5.75 Å². The first-order chi connectivity index (χ1) is 10.1. The summed E-state index contributed by atoms with van der Waals surface area (Å²) in [5.41, 5.74) is 0.196. The number of rotatable bonds is 5. The van der Waals surface area contributed by atoms with Crippen molar-refractivity contribution in [1.82, 2.24) is 9.97 Å². The monoisotopic (exact) mass is 291 g/mol. The number of hydrogen-bond acceptors (Lipinski definition) is 5. The molecule has 21 heavy (non-hydrogen) atoms. The van der Waals surface area contributed by atoms with Gasteiger partial charge >= 0.3 is 5.97 Å². The lowest BCUT2D eigenvalue weighted by atomic mass is 10.1. The van der Waals surface area contributed by atoms with Gasteiger partial charge in [-0.2, -0.15) is 0 Å². The molecule has 0 spiro atoms. The number of ether oxygens (including phenoxy) is 2. The van der Waals surface area contributed by atoms with Crippen LogP contribution < -0.4 is 14.8 Å². The number of aromatic amines is 1. The Bertz CT molecular complexity index is 667. The summed E-state index contributed by atoms with van der Waals surface area (Å²) in [4.78, 5) is 29.6. The molecule has 0 bridgehead atoms. The van der Waals surface area contributed by atoms with Gasteiger partial charge in [-0.3, -0.25) is 4.79 Å². The molecule has 0 unspecified atom stereocenters. The van der Waals surface area contributed by atoms with Gasteiger partial charge in [0.15, 0.2) is 11.5 Å². The maximum atomic E-state index is 12.0. The van der Waals surface area contributed by atoms with E-state index in [9.17, 15) is 14.7 Å². The van der Waals surface area contributed by atoms with Crippen molar-refractivity contribution in [3.8, 4) is 11.5 Å². The molecule has 2 aromatic rings. The van der Waals surface area contributed by atoms with Gasteiger partial charge < -0.3 is 24.9 Å². The molecule has 0 radical (unpaired) electrons. The molecule has 1 aromatic heterocycles. The van der Waals surface area contributed by atoms with Gasteiger partial charge in [-0.15, -0.1) is 0 Å². The fraction of sp³-hybridized carbons (Fsp3) is 0.154. The molecule has 0 atom stereocenters. The molecule has 8 heteroatoms. The number of aromatic carboxylic acids is 1. The van der Waals surface area contributed by atoms with Gasteiger partial charge in [0.25, 0.3) is 5.91 Å². The van der Waals surface area contributed by atoms with E-state index in [0.717, 1.165) is 0 Å². The summed E-state index contributed by atoms with van der Waals surface area (Å²) in [7, 11) is 2.81. The van der Waals surface area contributed by atoms with E-state index >= 15 is 0 Å². The summed E-state index contributed by atoms with van der Waals surface area (Å²) in [5.74, 6) is -1.14. The van der Waals surface area contributed by atoms with E-state index in [1.807, 2.05) is 0 Å². The molecular weight excluding hydrogens is 278 g/mol. The Labute approximate surface area is 119 Å². The molecule has 0 saturated carbocycles. The van der Waals surface area contributed by atoms with Crippen LogP contribution in [-0.4, -0.2) is 41.2 Å². The van der Waals surface area contributed by atoms with E-state index in [1.54, 1.807) is 0 Å². The molecule has 0 aliphatic rings. The van der Waals surface area contributed by atoms with Gasteiger partial charge in [0.05, 0.1) is 38.0 Å². The number of benzene rings is 1. The Kier molecular flexibility index (Phi) is 4.07. The van der Waals surface area contributed by atoms with Crippen LogP contribution in [0.15, 0.2) is 24.7 Å². The third-order valence-electron chi connectivity index (χ3n) is 2.75. The number of carbonyl (C=O) groups is 2. The highest BCUT2D eigenvalue weighted by Gasteiger charge is 2.18. The predicted molar refractivity (Wildman–Crippen MR) is 73.0 cm³/mol. The second kappa shape index (κ2) is 5.95. The largest absolute Gasteiger partial charge is 0.493 e. The molecule has 0 fully saturated rings. The molecule has 110 valence electrons. The Balaban J connectivity index is 2.41. The van der Waals surface area contributed by atoms with Gasteiger partial charge in [-0.25, -0.2) is 9.78 Å². The number of carboxylic acids is 1. The van der Waals surface area contributed by atoms with Gasteiger partial charge in [-0.05, 0) is 0 Å². The summed E-state index contributed by atoms with van der Waals surface area (Å²) in [6, 6.07) is 2.67. The number of methoxy groups -OCH3 is 2. The zero-order valence-corrected chi connectivity index (χ0v) is 11.3. The number of aromatic nitrogens is 2. The number of imidazole rings is 1. The van der Waals surface area contributed by atoms with Crippen molar-refractivity contribution in [3.05, 3.63) is 35.9 Å². The van der Waals surface area contributed by atoms with Crippen LogP contribution in [0.4, 0.5) is 5.69 Å². The maximum Gasteiger partial charge on any atom is 0.337 e. The van der Waals surface area contributed by atoms with E-state index in [1.165, 1.54) is 38.9 Å². The second-order valence-corrected chi connectivity index (χ2v) is 3.98. The lowest BCUT2D eigenvalue weighted by Crippen LogP contribution is -2.15. The molecule has 1 aromatic carbocycles. The van der Waals surface area contributed by atoms with Crippen molar-refractivity contribution in [2.24, 2.45) is 0 Å². The summed E-state index contributed by atoms with van der Waals surface area (Å²) in [6.07, 6.45) is 2.68. The van der Waals surface area contributed by atoms with Crippen LogP contribution in [0.2, 0.25) is 0 Å². The fourth-order valence-electron chi connectivity index (χ4n) is 1.73. The molecule has 3 N–H and O–H groups in total. The van der Waals surface area contributed by atoms with Crippen LogP contribution >= 0.6 is 0 Å². The minimum Gasteiger partial charge on any atom is -0.493 e. The SMILES string of the molecule is COc1cc(NC(=O)c2cnc[nH]2)c(C(=O)O)cc1OC. The Hall–Kier alpha value is -3.03. The average molecular weight is 291 g/mol. The fourth-order valence-corrected chi connectivity index (χ4v) is 1.73. The number of H-pyrrole nitrogens is 1. The zero-order valence-electron chi connectivity index (χ0n) is 11.3. The lowest BCUT2D eigenvalue weighted by molar-refractivity contribution is 0.0697. The predicted octanol–water partition coefficient (Wildman–Crippen LogP) is 1.38. The highest BCUT2D eigenvalue weighted by atomic mass is 16.5. The normalized spacial score (nSPS) is 10.0. The number of hydrogen-bond donors (Lipinski definition) is 3. The summed E-state index contributed by atoms with van der Waals surface area (Å²) < 4.78 is 10.1. The van der Waals surface area contributed by atoms with Gasteiger partial charge in [0, 0.05) is 12.1 Å². The Morgan fingerprint density at radius 2 is 1.90 bits per heavy atom. The first-order valence-electron chi connectivity index (χ1n) is 5.86. The summed E-state index contributed by atoms with van der Waals surface area (Å²) in [5, 5.41) is 11.7. The third kappa shape index (κ3) is 2.94. The topological polar surface area (TPSA) is 114 Å². The quantitative estimate of drug-likeness (QED) is 0.766. The third-order valence-corrected chi connectivity index (χ3v) is 2.75. The lowest BCUT2D eigenvalue weighted by Gasteiger charge is -2.13. The van der Waals surface area contributed by atoms with Crippen LogP contribution in [0.25, 0.3) is 0 Å². The van der Waals surface area contributed by atoms with Crippen molar-refractivity contribution in [2.75, 3.05) is 19.5 Å². The first kappa shape index (κ1) is 14.4. The average Bonchev–Trinajstić information content (AvgIpc) is 3.00. The summed E-state index contributed by atoms with van der Waals surface area (Å²) in [6.45, 7) is 0. The van der Waals surface area contributed by atoms with Gasteiger partial charge in [0.1, 0.15) is 5.69 Å². The maximum absolute atomic E-state index is 12.0. The molecule has 8 nitrogen and oxygen atoms in total. The van der Waals surface area contributed by atoms with Crippen molar-refractivity contribution < 1.29 is 24.2 Å². The van der Waals surface area contributed by atoms with Crippen molar-refractivity contribution in [2.45, 2.75) is 0 Å². The molecular formula is C13H13N3O5. The number of amides is 1. The minimum absolute atomic E-state index is 0.0970. The first-order valence-corrected chi connectivity index (χ1v) is 5.86. The number of nitrogens with one attached hydrogen (secondary N) is 2.